The van der Waals surface area contributed by atoms with Crippen LogP contribution in [0.3, 0.4) is 0 Å². The maximum absolute atomic E-state index is 13.5. The van der Waals surface area contributed by atoms with E-state index in [1.165, 1.54) is 32.6 Å². The van der Waals surface area contributed by atoms with Gasteiger partial charge in [0, 0.05) is 12.6 Å². The van der Waals surface area contributed by atoms with E-state index < -0.39 is 10.5 Å². The number of pyridine rings is 1. The lowest BCUT2D eigenvalue weighted by Gasteiger charge is -2.28. The van der Waals surface area contributed by atoms with Crippen molar-refractivity contribution in [3.8, 4) is 5.82 Å². The quantitative estimate of drug-likeness (QED) is 0.194. The first-order valence-electron chi connectivity index (χ1n) is 9.74. The highest BCUT2D eigenvalue weighted by Gasteiger charge is 2.33. The third-order valence-corrected chi connectivity index (χ3v) is 7.48. The van der Waals surface area contributed by atoms with Crippen molar-refractivity contribution in [2.24, 2.45) is 0 Å². The van der Waals surface area contributed by atoms with Crippen molar-refractivity contribution in [2.45, 2.75) is 19.3 Å². The van der Waals surface area contributed by atoms with E-state index in [1.807, 2.05) is 4.90 Å². The van der Waals surface area contributed by atoms with Gasteiger partial charge in [0.15, 0.2) is 11.7 Å². The molecule has 0 atom stereocenters. The minimum atomic E-state index is -0.561. The van der Waals surface area contributed by atoms with Gasteiger partial charge in [0.25, 0.3) is 0 Å². The molecule has 8 nitrogen and oxygen atoms in total. The SMILES string of the molecule is O=c1/c(=C(\[O-])CN2CCCCC2)[n+]2cc([N+](=O)[O-])cc3sc4c(Cl)ccc(Cl)c4n1-c32. The van der Waals surface area contributed by atoms with Crippen molar-refractivity contribution in [1.29, 1.82) is 0 Å². The second kappa shape index (κ2) is 7.59. The van der Waals surface area contributed by atoms with Crippen molar-refractivity contribution < 1.29 is 14.4 Å². The van der Waals surface area contributed by atoms with E-state index in [-0.39, 0.29) is 23.3 Å². The monoisotopic (exact) mass is 478 g/mol. The molecule has 0 radical (unpaired) electrons. The van der Waals surface area contributed by atoms with Gasteiger partial charge in [-0.25, -0.2) is 4.79 Å². The highest BCUT2D eigenvalue weighted by molar-refractivity contribution is 7.24. The summed E-state index contributed by atoms with van der Waals surface area (Å²) < 4.78 is 3.67. The van der Waals surface area contributed by atoms with E-state index in [1.54, 1.807) is 12.1 Å². The number of benzene rings is 1. The summed E-state index contributed by atoms with van der Waals surface area (Å²) in [5.74, 6) is -0.00189. The number of hydrogen-bond donors (Lipinski definition) is 0. The van der Waals surface area contributed by atoms with Gasteiger partial charge in [-0.1, -0.05) is 35.4 Å². The Bertz CT molecular complexity index is 1440. The number of imidazole rings is 1. The molecule has 0 bridgehead atoms. The van der Waals surface area contributed by atoms with E-state index in [0.29, 0.717) is 30.8 Å². The standard InChI is InChI=1S/C20H16Cl2N4O4S/c21-12-4-5-13(22)18-16(12)25-19-15(31-18)8-11(26(29)30)9-24(19)17(20(25)28)14(27)10-23-6-2-1-3-7-23/h4-5,8-9H,1-3,6-7,10H2. The van der Waals surface area contributed by atoms with Gasteiger partial charge in [-0.3, -0.25) is 10.1 Å². The molecule has 1 saturated heterocycles. The Labute approximate surface area is 189 Å². The fourth-order valence-electron chi connectivity index (χ4n) is 4.21. The third kappa shape index (κ3) is 3.23. The van der Waals surface area contributed by atoms with Crippen LogP contribution in [0.25, 0.3) is 26.5 Å². The smallest absolute Gasteiger partial charge is 0.385 e. The Morgan fingerprint density at radius 2 is 1.90 bits per heavy atom. The molecular formula is C20H16Cl2N4O4S. The minimum absolute atomic E-state index is 0.0860. The van der Waals surface area contributed by atoms with Crippen LogP contribution in [0.5, 0.6) is 0 Å². The topological polar surface area (TPSA) is 95.5 Å². The van der Waals surface area contributed by atoms with E-state index in [9.17, 15) is 20.0 Å². The second-order valence-corrected chi connectivity index (χ2v) is 9.44. The number of rotatable bonds is 3. The van der Waals surface area contributed by atoms with Crippen molar-refractivity contribution in [3.05, 3.63) is 60.3 Å². The molecule has 3 aliphatic heterocycles. The molecule has 3 aliphatic rings. The lowest BCUT2D eigenvalue weighted by molar-refractivity contribution is -0.552. The van der Waals surface area contributed by atoms with Crippen LogP contribution in [0, 0.1) is 10.1 Å². The Balaban J connectivity index is 1.93. The second-order valence-electron chi connectivity index (χ2n) is 7.57. The number of nitro groups is 1. The maximum Gasteiger partial charge on any atom is 0.385 e. The molecule has 0 spiro atoms. The van der Waals surface area contributed by atoms with Gasteiger partial charge in [0.05, 0.1) is 19.7 Å². The highest BCUT2D eigenvalue weighted by Crippen LogP contribution is 2.37. The Morgan fingerprint density at radius 1 is 1.19 bits per heavy atom. The first kappa shape index (κ1) is 20.4. The number of fused-ring (bicyclic) bond motifs is 2. The summed E-state index contributed by atoms with van der Waals surface area (Å²) in [4.78, 5) is 26.5. The van der Waals surface area contributed by atoms with Crippen LogP contribution in [-0.4, -0.2) is 34.0 Å². The van der Waals surface area contributed by atoms with Crippen LogP contribution in [0.15, 0.2) is 29.2 Å². The zero-order chi connectivity index (χ0) is 21.9. The Kier molecular flexibility index (Phi) is 5.01. The first-order valence-corrected chi connectivity index (χ1v) is 11.3. The Morgan fingerprint density at radius 3 is 2.61 bits per heavy atom. The van der Waals surface area contributed by atoms with E-state index >= 15 is 0 Å². The fraction of sp³-hybridized carbons (Fsp3) is 0.300. The average molecular weight is 479 g/mol. The zero-order valence-electron chi connectivity index (χ0n) is 16.1. The molecule has 0 unspecified atom stereocenters. The van der Waals surface area contributed by atoms with Crippen molar-refractivity contribution in [2.75, 3.05) is 19.6 Å². The van der Waals surface area contributed by atoms with Crippen LogP contribution in [0.2, 0.25) is 10.0 Å². The van der Waals surface area contributed by atoms with Crippen molar-refractivity contribution >= 4 is 60.9 Å². The number of likely N-dealkylation sites (tertiary alicyclic amines) is 1. The number of nitrogens with zero attached hydrogens (tertiary/aromatic N) is 4. The highest BCUT2D eigenvalue weighted by atomic mass is 35.5. The molecule has 0 N–H and O–H groups in total. The summed E-state index contributed by atoms with van der Waals surface area (Å²) >= 11 is 14.0. The molecule has 2 aromatic rings. The lowest BCUT2D eigenvalue weighted by atomic mass is 10.1. The van der Waals surface area contributed by atoms with Crippen LogP contribution in [0.4, 0.5) is 5.69 Å². The first-order chi connectivity index (χ1) is 14.9. The third-order valence-electron chi connectivity index (χ3n) is 5.61. The predicted octanol–water partition coefficient (Wildman–Crippen LogP) is 2.12. The summed E-state index contributed by atoms with van der Waals surface area (Å²) in [5.41, 5.74) is -0.389. The van der Waals surface area contributed by atoms with Crippen LogP contribution in [-0.2, 0) is 0 Å². The molecule has 5 rings (SSSR count). The molecule has 31 heavy (non-hydrogen) atoms. The summed E-state index contributed by atoms with van der Waals surface area (Å²) in [7, 11) is 0. The van der Waals surface area contributed by atoms with E-state index in [2.05, 4.69) is 0 Å². The Hall–Kier alpha value is -2.46. The molecule has 1 fully saturated rings. The van der Waals surface area contributed by atoms with Crippen molar-refractivity contribution in [3.63, 3.8) is 0 Å². The maximum atomic E-state index is 13.5. The van der Waals surface area contributed by atoms with Crippen LogP contribution < -0.4 is 20.4 Å². The van der Waals surface area contributed by atoms with Crippen LogP contribution >= 0.6 is 34.5 Å². The normalized spacial score (nSPS) is 16.5. The van der Waals surface area contributed by atoms with E-state index in [0.717, 1.165) is 32.4 Å². The molecule has 4 heterocycles. The number of piperidine rings is 1. The predicted molar refractivity (Wildman–Crippen MR) is 117 cm³/mol. The average Bonchev–Trinajstić information content (AvgIpc) is 3.04. The summed E-state index contributed by atoms with van der Waals surface area (Å²) in [5, 5.41) is 25.3. The molecule has 0 amide bonds. The largest absolute Gasteiger partial charge is 0.872 e. The number of hydrogen-bond acceptors (Lipinski definition) is 6. The molecule has 0 saturated carbocycles. The van der Waals surface area contributed by atoms with Gasteiger partial charge >= 0.3 is 17.1 Å². The van der Waals surface area contributed by atoms with Crippen molar-refractivity contribution in [1.82, 2.24) is 9.47 Å². The van der Waals surface area contributed by atoms with E-state index in [4.69, 9.17) is 23.2 Å². The summed E-state index contributed by atoms with van der Waals surface area (Å²) in [6.07, 6.45) is 4.35. The summed E-state index contributed by atoms with van der Waals surface area (Å²) in [6.45, 7) is 1.66. The molecule has 1 aromatic carbocycles. The molecular weight excluding hydrogens is 463 g/mol. The molecule has 1 aromatic heterocycles. The fourth-order valence-corrected chi connectivity index (χ4v) is 5.92. The number of aromatic nitrogens is 2. The van der Waals surface area contributed by atoms with Gasteiger partial charge in [-0.05, 0) is 38.1 Å². The van der Waals surface area contributed by atoms with Gasteiger partial charge in [0.2, 0.25) is 5.35 Å². The lowest BCUT2D eigenvalue weighted by Crippen LogP contribution is -2.50. The van der Waals surface area contributed by atoms with Gasteiger partial charge in [-0.15, -0.1) is 15.9 Å². The zero-order valence-corrected chi connectivity index (χ0v) is 18.5. The minimum Gasteiger partial charge on any atom is -0.872 e. The molecule has 11 heteroatoms. The van der Waals surface area contributed by atoms with Gasteiger partial charge < -0.3 is 10.0 Å². The molecule has 160 valence electrons. The summed E-state index contributed by atoms with van der Waals surface area (Å²) in [6, 6.07) is 4.58. The molecule has 0 aliphatic carbocycles. The van der Waals surface area contributed by atoms with Crippen LogP contribution in [0.1, 0.15) is 19.3 Å². The van der Waals surface area contributed by atoms with Gasteiger partial charge in [-0.2, -0.15) is 4.40 Å². The van der Waals surface area contributed by atoms with Gasteiger partial charge in [0.1, 0.15) is 4.70 Å². The number of halogens is 2.